The van der Waals surface area contributed by atoms with E-state index in [1.807, 2.05) is 0 Å². The number of likely N-dealkylation sites (tertiary alicyclic amines) is 1. The fourth-order valence-corrected chi connectivity index (χ4v) is 4.55. The van der Waals surface area contributed by atoms with Crippen LogP contribution in [0.1, 0.15) is 19.3 Å². The lowest BCUT2D eigenvalue weighted by molar-refractivity contribution is 0.251. The number of rotatable bonds is 3. The molecule has 2 fully saturated rings. The van der Waals surface area contributed by atoms with E-state index in [-0.39, 0.29) is 4.90 Å². The highest BCUT2D eigenvalue weighted by Gasteiger charge is 2.35. The first-order chi connectivity index (χ1) is 9.57. The van der Waals surface area contributed by atoms with E-state index in [4.69, 9.17) is 11.6 Å². The third-order valence-electron chi connectivity index (χ3n) is 4.12. The molecule has 0 spiro atoms. The van der Waals surface area contributed by atoms with E-state index in [0.717, 1.165) is 19.5 Å². The molecule has 1 aromatic heterocycles. The fraction of sp³-hybridized carbons (Fsp3) is 0.615. The quantitative estimate of drug-likeness (QED) is 0.795. The topological polar surface area (TPSA) is 53.5 Å². The first kappa shape index (κ1) is 14.3. The van der Waals surface area contributed by atoms with Gasteiger partial charge in [-0.1, -0.05) is 11.6 Å². The van der Waals surface area contributed by atoms with Crippen molar-refractivity contribution in [2.24, 2.45) is 0 Å². The molecule has 0 N–H and O–H groups in total. The van der Waals surface area contributed by atoms with Crippen molar-refractivity contribution in [1.82, 2.24) is 14.2 Å². The summed E-state index contributed by atoms with van der Waals surface area (Å²) in [5, 5.41) is 0.306. The first-order valence-electron chi connectivity index (χ1n) is 6.93. The van der Waals surface area contributed by atoms with Gasteiger partial charge in [0.15, 0.2) is 0 Å². The third-order valence-corrected chi connectivity index (χ3v) is 6.19. The van der Waals surface area contributed by atoms with Crippen LogP contribution in [0.4, 0.5) is 0 Å². The standard InChI is InChI=1S/C13H18ClN3O2S/c14-13-4-3-12(9-15-13)20(18,19)17-8-5-11(10-17)16-6-1-2-7-16/h3-4,9,11H,1-2,5-8,10H2. The summed E-state index contributed by atoms with van der Waals surface area (Å²) in [6.45, 7) is 3.37. The van der Waals surface area contributed by atoms with E-state index in [1.165, 1.54) is 31.2 Å². The maximum absolute atomic E-state index is 12.5. The SMILES string of the molecule is O=S(=O)(c1ccc(Cl)nc1)N1CCC(N2CCCC2)C1. The molecule has 0 aromatic carbocycles. The Morgan fingerprint density at radius 3 is 2.60 bits per heavy atom. The Labute approximate surface area is 124 Å². The molecule has 1 atom stereocenters. The van der Waals surface area contributed by atoms with Crippen LogP contribution in [0.3, 0.4) is 0 Å². The molecule has 0 amide bonds. The summed E-state index contributed by atoms with van der Waals surface area (Å²) in [7, 11) is -3.43. The minimum atomic E-state index is -3.43. The number of aromatic nitrogens is 1. The molecule has 2 aliphatic rings. The second-order valence-electron chi connectivity index (χ2n) is 5.37. The predicted molar refractivity (Wildman–Crippen MR) is 77.2 cm³/mol. The van der Waals surface area contributed by atoms with Crippen molar-refractivity contribution >= 4 is 21.6 Å². The maximum Gasteiger partial charge on any atom is 0.244 e. The van der Waals surface area contributed by atoms with Gasteiger partial charge in [0.25, 0.3) is 0 Å². The molecule has 0 saturated carbocycles. The van der Waals surface area contributed by atoms with Gasteiger partial charge in [0.1, 0.15) is 10.0 Å². The Balaban J connectivity index is 1.74. The number of nitrogens with zero attached hydrogens (tertiary/aromatic N) is 3. The van der Waals surface area contributed by atoms with Crippen LogP contribution in [0.25, 0.3) is 0 Å². The van der Waals surface area contributed by atoms with E-state index in [2.05, 4.69) is 9.88 Å². The Bertz CT molecular complexity index is 570. The van der Waals surface area contributed by atoms with E-state index < -0.39 is 10.0 Å². The van der Waals surface area contributed by atoms with Gasteiger partial charge in [0.05, 0.1) is 0 Å². The van der Waals surface area contributed by atoms with Gasteiger partial charge in [0, 0.05) is 25.3 Å². The Hall–Kier alpha value is -0.690. The smallest absolute Gasteiger partial charge is 0.244 e. The summed E-state index contributed by atoms with van der Waals surface area (Å²) in [6.07, 6.45) is 4.70. The molecule has 20 heavy (non-hydrogen) atoms. The highest BCUT2D eigenvalue weighted by molar-refractivity contribution is 7.89. The average Bonchev–Trinajstić information content (AvgIpc) is 3.10. The molecular formula is C13H18ClN3O2S. The number of sulfonamides is 1. The van der Waals surface area contributed by atoms with E-state index in [0.29, 0.717) is 24.3 Å². The zero-order chi connectivity index (χ0) is 14.2. The Morgan fingerprint density at radius 1 is 1.20 bits per heavy atom. The van der Waals surface area contributed by atoms with Gasteiger partial charge in [0.2, 0.25) is 10.0 Å². The maximum atomic E-state index is 12.5. The van der Waals surface area contributed by atoms with Crippen LogP contribution in [-0.2, 0) is 10.0 Å². The summed E-state index contributed by atoms with van der Waals surface area (Å²) in [5.41, 5.74) is 0. The van der Waals surface area contributed by atoms with Crippen LogP contribution in [0.15, 0.2) is 23.2 Å². The first-order valence-corrected chi connectivity index (χ1v) is 8.75. The summed E-state index contributed by atoms with van der Waals surface area (Å²) in [6, 6.07) is 3.41. The predicted octanol–water partition coefficient (Wildman–Crippen LogP) is 1.59. The van der Waals surface area contributed by atoms with Crippen LogP contribution >= 0.6 is 11.6 Å². The lowest BCUT2D eigenvalue weighted by Crippen LogP contribution is -2.37. The zero-order valence-electron chi connectivity index (χ0n) is 11.2. The molecule has 0 bridgehead atoms. The van der Waals surface area contributed by atoms with Crippen molar-refractivity contribution in [3.8, 4) is 0 Å². The molecule has 2 saturated heterocycles. The van der Waals surface area contributed by atoms with Crippen LogP contribution < -0.4 is 0 Å². The molecule has 5 nitrogen and oxygen atoms in total. The summed E-state index contributed by atoms with van der Waals surface area (Å²) in [4.78, 5) is 6.50. The lowest BCUT2D eigenvalue weighted by Gasteiger charge is -2.23. The van der Waals surface area contributed by atoms with Crippen LogP contribution in [0, 0.1) is 0 Å². The van der Waals surface area contributed by atoms with Crippen molar-refractivity contribution in [1.29, 1.82) is 0 Å². The third kappa shape index (κ3) is 2.70. The molecule has 3 rings (SSSR count). The van der Waals surface area contributed by atoms with E-state index >= 15 is 0 Å². The van der Waals surface area contributed by atoms with E-state index in [9.17, 15) is 8.42 Å². The average molecular weight is 316 g/mol. The van der Waals surface area contributed by atoms with Crippen molar-refractivity contribution in [2.45, 2.75) is 30.2 Å². The highest BCUT2D eigenvalue weighted by atomic mass is 35.5. The Morgan fingerprint density at radius 2 is 1.95 bits per heavy atom. The monoisotopic (exact) mass is 315 g/mol. The molecule has 7 heteroatoms. The van der Waals surface area contributed by atoms with Gasteiger partial charge < -0.3 is 0 Å². The molecule has 2 aliphatic heterocycles. The van der Waals surface area contributed by atoms with Crippen LogP contribution in [-0.4, -0.2) is 54.8 Å². The molecular weight excluding hydrogens is 298 g/mol. The van der Waals surface area contributed by atoms with Crippen molar-refractivity contribution in [3.63, 3.8) is 0 Å². The normalized spacial score (nSPS) is 25.4. The second-order valence-corrected chi connectivity index (χ2v) is 7.69. The number of hydrogen-bond acceptors (Lipinski definition) is 4. The molecule has 0 aliphatic carbocycles. The summed E-state index contributed by atoms with van der Waals surface area (Å²) >= 11 is 5.70. The largest absolute Gasteiger partial charge is 0.299 e. The van der Waals surface area contributed by atoms with E-state index in [1.54, 1.807) is 4.31 Å². The number of pyridine rings is 1. The summed E-state index contributed by atoms with van der Waals surface area (Å²) < 4.78 is 26.6. The van der Waals surface area contributed by atoms with Gasteiger partial charge in [-0.25, -0.2) is 13.4 Å². The zero-order valence-corrected chi connectivity index (χ0v) is 12.8. The molecule has 0 radical (unpaired) electrons. The Kier molecular flexibility index (Phi) is 3.99. The van der Waals surface area contributed by atoms with Crippen LogP contribution in [0.2, 0.25) is 5.15 Å². The minimum absolute atomic E-state index is 0.226. The van der Waals surface area contributed by atoms with Crippen LogP contribution in [0.5, 0.6) is 0 Å². The highest BCUT2D eigenvalue weighted by Crippen LogP contribution is 2.25. The van der Waals surface area contributed by atoms with Crippen molar-refractivity contribution in [3.05, 3.63) is 23.5 Å². The minimum Gasteiger partial charge on any atom is -0.299 e. The van der Waals surface area contributed by atoms with Crippen molar-refractivity contribution < 1.29 is 8.42 Å². The molecule has 3 heterocycles. The van der Waals surface area contributed by atoms with Gasteiger partial charge in [-0.2, -0.15) is 4.31 Å². The van der Waals surface area contributed by atoms with Gasteiger partial charge in [-0.05, 0) is 44.5 Å². The molecule has 1 aromatic rings. The van der Waals surface area contributed by atoms with Gasteiger partial charge in [-0.3, -0.25) is 4.90 Å². The van der Waals surface area contributed by atoms with Gasteiger partial charge >= 0.3 is 0 Å². The van der Waals surface area contributed by atoms with Crippen molar-refractivity contribution in [2.75, 3.05) is 26.2 Å². The fourth-order valence-electron chi connectivity index (χ4n) is 3.00. The van der Waals surface area contributed by atoms with Gasteiger partial charge in [-0.15, -0.1) is 0 Å². The lowest BCUT2D eigenvalue weighted by atomic mass is 10.2. The number of halogens is 1. The summed E-state index contributed by atoms with van der Waals surface area (Å²) in [5.74, 6) is 0. The molecule has 1 unspecified atom stereocenters. The molecule has 110 valence electrons. The second kappa shape index (κ2) is 5.60. The number of hydrogen-bond donors (Lipinski definition) is 0.